The molecule has 2 nitrogen and oxygen atoms in total. The van der Waals surface area contributed by atoms with Crippen LogP contribution in [0.4, 0.5) is 0 Å². The van der Waals surface area contributed by atoms with Crippen molar-refractivity contribution in [2.75, 3.05) is 0 Å². The van der Waals surface area contributed by atoms with Crippen LogP contribution in [0.15, 0.2) is 24.3 Å². The highest BCUT2D eigenvalue weighted by Crippen LogP contribution is 2.18. The topological polar surface area (TPSA) is 26.3 Å². The van der Waals surface area contributed by atoms with Crippen molar-refractivity contribution in [2.24, 2.45) is 0 Å². The molecule has 0 bridgehead atoms. The molecule has 1 rings (SSSR count). The number of halogens is 1. The Balaban J connectivity index is 2.50. The van der Waals surface area contributed by atoms with Crippen LogP contribution in [-0.2, 0) is 4.79 Å². The zero-order chi connectivity index (χ0) is 12.0. The van der Waals surface area contributed by atoms with Gasteiger partial charge >= 0.3 is 0 Å². The number of hydrogen-bond donors (Lipinski definition) is 0. The summed E-state index contributed by atoms with van der Waals surface area (Å²) in [5.41, 5.74) is 0. The molecule has 0 heterocycles. The van der Waals surface area contributed by atoms with Gasteiger partial charge < -0.3 is 4.74 Å². The molecule has 0 saturated heterocycles. The SMILES string of the molecule is CCCCC(=O)C(C)Oc1cccc(Cl)c1. The number of rotatable bonds is 6. The lowest BCUT2D eigenvalue weighted by Gasteiger charge is -2.13. The first kappa shape index (κ1) is 13.0. The van der Waals surface area contributed by atoms with Gasteiger partial charge in [-0.1, -0.05) is 31.0 Å². The van der Waals surface area contributed by atoms with Gasteiger partial charge in [0.25, 0.3) is 0 Å². The molecule has 0 fully saturated rings. The third kappa shape index (κ3) is 4.23. The average Bonchev–Trinajstić information content (AvgIpc) is 2.25. The van der Waals surface area contributed by atoms with Crippen LogP contribution >= 0.6 is 11.6 Å². The van der Waals surface area contributed by atoms with Crippen molar-refractivity contribution in [3.8, 4) is 5.75 Å². The van der Waals surface area contributed by atoms with E-state index >= 15 is 0 Å². The standard InChI is InChI=1S/C13H17ClO2/c1-3-4-8-13(15)10(2)16-12-7-5-6-11(14)9-12/h5-7,9-10H,3-4,8H2,1-2H3. The van der Waals surface area contributed by atoms with Crippen molar-refractivity contribution < 1.29 is 9.53 Å². The van der Waals surface area contributed by atoms with Crippen molar-refractivity contribution >= 4 is 17.4 Å². The summed E-state index contributed by atoms with van der Waals surface area (Å²) in [5.74, 6) is 0.784. The summed E-state index contributed by atoms with van der Waals surface area (Å²) in [6.07, 6.45) is 2.13. The number of ether oxygens (including phenoxy) is 1. The first-order valence-corrected chi connectivity index (χ1v) is 5.96. The molecule has 0 N–H and O–H groups in total. The van der Waals surface area contributed by atoms with Gasteiger partial charge in [-0.2, -0.15) is 0 Å². The molecular formula is C13H17ClO2. The summed E-state index contributed by atoms with van der Waals surface area (Å²) in [6.45, 7) is 3.84. The summed E-state index contributed by atoms with van der Waals surface area (Å²) in [7, 11) is 0. The molecule has 0 saturated carbocycles. The normalized spacial score (nSPS) is 12.2. The lowest BCUT2D eigenvalue weighted by atomic mass is 10.1. The maximum absolute atomic E-state index is 11.6. The predicted molar refractivity (Wildman–Crippen MR) is 66.1 cm³/mol. The molecule has 16 heavy (non-hydrogen) atoms. The van der Waals surface area contributed by atoms with Crippen LogP contribution in [0.1, 0.15) is 33.1 Å². The fourth-order valence-corrected chi connectivity index (χ4v) is 1.54. The van der Waals surface area contributed by atoms with Gasteiger partial charge in [-0.05, 0) is 31.5 Å². The second kappa shape index (κ2) is 6.54. The Hall–Kier alpha value is -1.02. The Morgan fingerprint density at radius 2 is 2.25 bits per heavy atom. The number of Topliss-reactive ketones (excluding diaryl/α,β-unsaturated/α-hetero) is 1. The first-order valence-electron chi connectivity index (χ1n) is 5.58. The van der Waals surface area contributed by atoms with E-state index in [0.29, 0.717) is 17.2 Å². The molecule has 0 aliphatic rings. The number of carbonyl (C=O) groups excluding carboxylic acids is 1. The molecule has 0 aromatic heterocycles. The largest absolute Gasteiger partial charge is 0.483 e. The Bertz CT molecular complexity index is 350. The minimum atomic E-state index is -0.398. The molecule has 1 unspecified atom stereocenters. The smallest absolute Gasteiger partial charge is 0.172 e. The second-order valence-corrected chi connectivity index (χ2v) is 4.22. The van der Waals surface area contributed by atoms with Crippen LogP contribution < -0.4 is 4.74 Å². The van der Waals surface area contributed by atoms with Crippen molar-refractivity contribution in [3.05, 3.63) is 29.3 Å². The van der Waals surface area contributed by atoms with Crippen molar-refractivity contribution in [1.82, 2.24) is 0 Å². The highest BCUT2D eigenvalue weighted by atomic mass is 35.5. The van der Waals surface area contributed by atoms with E-state index in [1.54, 1.807) is 31.2 Å². The number of carbonyl (C=O) groups is 1. The van der Waals surface area contributed by atoms with Gasteiger partial charge in [0.1, 0.15) is 5.75 Å². The molecule has 0 radical (unpaired) electrons. The number of benzene rings is 1. The molecule has 88 valence electrons. The van der Waals surface area contributed by atoms with E-state index in [1.807, 2.05) is 0 Å². The maximum atomic E-state index is 11.6. The fraction of sp³-hybridized carbons (Fsp3) is 0.462. The lowest BCUT2D eigenvalue weighted by Crippen LogP contribution is -2.23. The van der Waals surface area contributed by atoms with E-state index in [4.69, 9.17) is 16.3 Å². The summed E-state index contributed by atoms with van der Waals surface area (Å²) < 4.78 is 5.52. The van der Waals surface area contributed by atoms with Crippen LogP contribution in [0, 0.1) is 0 Å². The highest BCUT2D eigenvalue weighted by Gasteiger charge is 2.13. The molecule has 0 amide bonds. The molecule has 0 aliphatic heterocycles. The van der Waals surface area contributed by atoms with Crippen LogP contribution in [0.2, 0.25) is 5.02 Å². The van der Waals surface area contributed by atoms with Gasteiger partial charge in [0.05, 0.1) is 0 Å². The zero-order valence-corrected chi connectivity index (χ0v) is 10.5. The van der Waals surface area contributed by atoms with E-state index in [1.165, 1.54) is 0 Å². The average molecular weight is 241 g/mol. The lowest BCUT2D eigenvalue weighted by molar-refractivity contribution is -0.125. The van der Waals surface area contributed by atoms with E-state index in [-0.39, 0.29) is 5.78 Å². The van der Waals surface area contributed by atoms with Crippen LogP contribution in [0.3, 0.4) is 0 Å². The Morgan fingerprint density at radius 1 is 1.50 bits per heavy atom. The van der Waals surface area contributed by atoms with Gasteiger partial charge in [0.15, 0.2) is 11.9 Å². The summed E-state index contributed by atoms with van der Waals surface area (Å²) in [5, 5.41) is 0.616. The molecular weight excluding hydrogens is 224 g/mol. The third-order valence-corrected chi connectivity index (χ3v) is 2.57. The van der Waals surface area contributed by atoms with Crippen molar-refractivity contribution in [2.45, 2.75) is 39.2 Å². The minimum absolute atomic E-state index is 0.141. The molecule has 0 spiro atoms. The first-order chi connectivity index (χ1) is 7.63. The molecule has 1 aromatic rings. The van der Waals surface area contributed by atoms with E-state index in [2.05, 4.69) is 6.92 Å². The van der Waals surface area contributed by atoms with Crippen LogP contribution in [-0.4, -0.2) is 11.9 Å². The third-order valence-electron chi connectivity index (χ3n) is 2.34. The summed E-state index contributed by atoms with van der Waals surface area (Å²) in [6, 6.07) is 7.10. The van der Waals surface area contributed by atoms with Gasteiger partial charge in [-0.3, -0.25) is 4.79 Å². The maximum Gasteiger partial charge on any atom is 0.172 e. The molecule has 0 aliphatic carbocycles. The number of hydrogen-bond acceptors (Lipinski definition) is 2. The fourth-order valence-electron chi connectivity index (χ4n) is 1.36. The van der Waals surface area contributed by atoms with Gasteiger partial charge in [-0.25, -0.2) is 0 Å². The quantitative estimate of drug-likeness (QED) is 0.755. The highest BCUT2D eigenvalue weighted by molar-refractivity contribution is 6.30. The Labute approximate surface area is 102 Å². The van der Waals surface area contributed by atoms with E-state index in [0.717, 1.165) is 12.8 Å². The Morgan fingerprint density at radius 3 is 2.88 bits per heavy atom. The molecule has 1 aromatic carbocycles. The van der Waals surface area contributed by atoms with E-state index in [9.17, 15) is 4.79 Å². The summed E-state index contributed by atoms with van der Waals surface area (Å²) >= 11 is 5.83. The predicted octanol–water partition coefficient (Wildman–Crippen LogP) is 3.87. The van der Waals surface area contributed by atoms with Gasteiger partial charge in [0.2, 0.25) is 0 Å². The van der Waals surface area contributed by atoms with Gasteiger partial charge in [-0.15, -0.1) is 0 Å². The van der Waals surface area contributed by atoms with Crippen molar-refractivity contribution in [1.29, 1.82) is 0 Å². The second-order valence-electron chi connectivity index (χ2n) is 3.79. The molecule has 1 atom stereocenters. The Kier molecular flexibility index (Phi) is 5.33. The van der Waals surface area contributed by atoms with E-state index < -0.39 is 6.10 Å². The number of unbranched alkanes of at least 4 members (excludes halogenated alkanes) is 1. The summed E-state index contributed by atoms with van der Waals surface area (Å²) in [4.78, 5) is 11.6. The molecule has 3 heteroatoms. The minimum Gasteiger partial charge on any atom is -0.483 e. The van der Waals surface area contributed by atoms with Crippen LogP contribution in [0.5, 0.6) is 5.75 Å². The zero-order valence-electron chi connectivity index (χ0n) is 9.70. The van der Waals surface area contributed by atoms with Gasteiger partial charge in [0, 0.05) is 11.4 Å². The van der Waals surface area contributed by atoms with Crippen molar-refractivity contribution in [3.63, 3.8) is 0 Å². The monoisotopic (exact) mass is 240 g/mol. The number of ketones is 1. The van der Waals surface area contributed by atoms with Crippen LogP contribution in [0.25, 0.3) is 0 Å².